The summed E-state index contributed by atoms with van der Waals surface area (Å²) < 4.78 is 0. The first-order valence-electron chi connectivity index (χ1n) is 6.44. The van der Waals surface area contributed by atoms with Crippen LogP contribution < -0.4 is 5.73 Å². The molecule has 0 aliphatic heterocycles. The molecule has 96 valence electrons. The molecular formula is C15H16N4. The first-order valence-corrected chi connectivity index (χ1v) is 6.44. The minimum atomic E-state index is 0.550. The normalized spacial score (nSPS) is 11.1. The third-order valence-electron chi connectivity index (χ3n) is 3.34. The average molecular weight is 252 g/mol. The summed E-state index contributed by atoms with van der Waals surface area (Å²) in [6.45, 7) is 2.65. The van der Waals surface area contributed by atoms with Crippen LogP contribution in [0.4, 0.5) is 0 Å². The van der Waals surface area contributed by atoms with Crippen molar-refractivity contribution in [3.8, 4) is 11.1 Å². The van der Waals surface area contributed by atoms with Crippen LogP contribution in [-0.4, -0.2) is 15.2 Å². The number of aromatic amines is 1. The average Bonchev–Trinajstić information content (AvgIpc) is 2.90. The molecule has 19 heavy (non-hydrogen) atoms. The van der Waals surface area contributed by atoms with Gasteiger partial charge in [0, 0.05) is 18.1 Å². The Balaban J connectivity index is 2.26. The van der Waals surface area contributed by atoms with Crippen LogP contribution in [-0.2, 0) is 13.0 Å². The monoisotopic (exact) mass is 252 g/mol. The van der Waals surface area contributed by atoms with Gasteiger partial charge in [0.15, 0.2) is 5.65 Å². The van der Waals surface area contributed by atoms with Gasteiger partial charge in [-0.25, -0.2) is 4.98 Å². The standard InChI is InChI=1S/C15H16N4/c1-2-13-14-12(6-7-17-15(14)19-18-13)11-5-3-4-10(8-11)9-16/h3-8H,2,9,16H2,1H3,(H,17,18,19). The predicted octanol–water partition coefficient (Wildman–Crippen LogP) is 2.65. The lowest BCUT2D eigenvalue weighted by Crippen LogP contribution is -1.96. The van der Waals surface area contributed by atoms with Gasteiger partial charge in [0.1, 0.15) is 0 Å². The third kappa shape index (κ3) is 2.00. The number of aryl methyl sites for hydroxylation is 1. The van der Waals surface area contributed by atoms with Crippen molar-refractivity contribution in [2.45, 2.75) is 19.9 Å². The Morgan fingerprint density at radius 1 is 1.26 bits per heavy atom. The number of H-pyrrole nitrogens is 1. The van der Waals surface area contributed by atoms with E-state index in [1.54, 1.807) is 0 Å². The molecule has 0 saturated heterocycles. The van der Waals surface area contributed by atoms with E-state index >= 15 is 0 Å². The second-order valence-corrected chi connectivity index (χ2v) is 4.51. The van der Waals surface area contributed by atoms with Crippen molar-refractivity contribution < 1.29 is 0 Å². The Labute approximate surface area is 111 Å². The van der Waals surface area contributed by atoms with Crippen LogP contribution >= 0.6 is 0 Å². The molecule has 3 N–H and O–H groups in total. The summed E-state index contributed by atoms with van der Waals surface area (Å²) in [7, 11) is 0. The lowest BCUT2D eigenvalue weighted by molar-refractivity contribution is 0.983. The maximum Gasteiger partial charge on any atom is 0.155 e. The highest BCUT2D eigenvalue weighted by Gasteiger charge is 2.11. The van der Waals surface area contributed by atoms with Crippen LogP contribution in [0.5, 0.6) is 0 Å². The van der Waals surface area contributed by atoms with Gasteiger partial charge in [0.25, 0.3) is 0 Å². The molecule has 0 radical (unpaired) electrons. The van der Waals surface area contributed by atoms with Crippen molar-refractivity contribution in [3.63, 3.8) is 0 Å². The lowest BCUT2D eigenvalue weighted by atomic mass is 10.00. The van der Waals surface area contributed by atoms with Crippen LogP contribution in [0.2, 0.25) is 0 Å². The highest BCUT2D eigenvalue weighted by atomic mass is 15.1. The van der Waals surface area contributed by atoms with E-state index in [2.05, 4.69) is 34.2 Å². The van der Waals surface area contributed by atoms with E-state index in [1.807, 2.05) is 24.4 Å². The summed E-state index contributed by atoms with van der Waals surface area (Å²) in [5.74, 6) is 0. The Morgan fingerprint density at radius 3 is 2.95 bits per heavy atom. The molecule has 0 aliphatic carbocycles. The molecule has 0 unspecified atom stereocenters. The molecule has 2 aromatic heterocycles. The van der Waals surface area contributed by atoms with Crippen molar-refractivity contribution in [3.05, 3.63) is 47.8 Å². The minimum Gasteiger partial charge on any atom is -0.326 e. The summed E-state index contributed by atoms with van der Waals surface area (Å²) in [5, 5.41) is 8.43. The van der Waals surface area contributed by atoms with Crippen LogP contribution in [0.3, 0.4) is 0 Å². The maximum absolute atomic E-state index is 5.71. The van der Waals surface area contributed by atoms with Gasteiger partial charge in [-0.2, -0.15) is 5.10 Å². The highest BCUT2D eigenvalue weighted by Crippen LogP contribution is 2.29. The summed E-state index contributed by atoms with van der Waals surface area (Å²) in [6, 6.07) is 10.3. The number of rotatable bonds is 3. The molecule has 0 amide bonds. The molecule has 0 atom stereocenters. The van der Waals surface area contributed by atoms with Crippen molar-refractivity contribution >= 4 is 11.0 Å². The maximum atomic E-state index is 5.71. The number of nitrogens with two attached hydrogens (primary N) is 1. The smallest absolute Gasteiger partial charge is 0.155 e. The number of hydrogen-bond acceptors (Lipinski definition) is 3. The van der Waals surface area contributed by atoms with Gasteiger partial charge in [-0.05, 0) is 35.2 Å². The lowest BCUT2D eigenvalue weighted by Gasteiger charge is -2.06. The van der Waals surface area contributed by atoms with Crippen molar-refractivity contribution in [1.29, 1.82) is 0 Å². The molecular weight excluding hydrogens is 236 g/mol. The van der Waals surface area contributed by atoms with Crippen molar-refractivity contribution in [2.24, 2.45) is 5.73 Å². The van der Waals surface area contributed by atoms with Gasteiger partial charge in [0.05, 0.1) is 5.69 Å². The largest absolute Gasteiger partial charge is 0.326 e. The van der Waals surface area contributed by atoms with E-state index in [4.69, 9.17) is 5.73 Å². The molecule has 0 bridgehead atoms. The van der Waals surface area contributed by atoms with Crippen molar-refractivity contribution in [1.82, 2.24) is 15.2 Å². The molecule has 3 rings (SSSR count). The molecule has 0 fully saturated rings. The van der Waals surface area contributed by atoms with Crippen LogP contribution in [0.25, 0.3) is 22.2 Å². The molecule has 2 heterocycles. The number of fused-ring (bicyclic) bond motifs is 1. The topological polar surface area (TPSA) is 67.6 Å². The molecule has 0 spiro atoms. The fraction of sp³-hybridized carbons (Fsp3) is 0.200. The summed E-state index contributed by atoms with van der Waals surface area (Å²) in [6.07, 6.45) is 2.69. The fourth-order valence-corrected chi connectivity index (χ4v) is 2.38. The number of benzene rings is 1. The Bertz CT molecular complexity index is 715. The van der Waals surface area contributed by atoms with E-state index in [0.717, 1.165) is 39.8 Å². The van der Waals surface area contributed by atoms with Gasteiger partial charge < -0.3 is 5.73 Å². The van der Waals surface area contributed by atoms with E-state index in [0.29, 0.717) is 6.54 Å². The quantitative estimate of drug-likeness (QED) is 0.753. The van der Waals surface area contributed by atoms with E-state index in [-0.39, 0.29) is 0 Å². The molecule has 0 saturated carbocycles. The van der Waals surface area contributed by atoms with Gasteiger partial charge in [-0.1, -0.05) is 25.1 Å². The fourth-order valence-electron chi connectivity index (χ4n) is 2.38. The summed E-state index contributed by atoms with van der Waals surface area (Å²) >= 11 is 0. The number of nitrogens with zero attached hydrogens (tertiary/aromatic N) is 2. The molecule has 3 aromatic rings. The molecule has 4 nitrogen and oxygen atoms in total. The number of aromatic nitrogens is 3. The van der Waals surface area contributed by atoms with E-state index in [9.17, 15) is 0 Å². The molecule has 1 aromatic carbocycles. The number of hydrogen-bond donors (Lipinski definition) is 2. The first-order chi connectivity index (χ1) is 9.33. The summed E-state index contributed by atoms with van der Waals surface area (Å²) in [5.41, 5.74) is 11.1. The summed E-state index contributed by atoms with van der Waals surface area (Å²) in [4.78, 5) is 4.34. The Hall–Kier alpha value is -2.20. The van der Waals surface area contributed by atoms with Crippen molar-refractivity contribution in [2.75, 3.05) is 0 Å². The zero-order chi connectivity index (χ0) is 13.2. The van der Waals surface area contributed by atoms with Crippen LogP contribution in [0.15, 0.2) is 36.5 Å². The second kappa shape index (κ2) is 4.82. The van der Waals surface area contributed by atoms with E-state index in [1.165, 1.54) is 0 Å². The third-order valence-corrected chi connectivity index (χ3v) is 3.34. The minimum absolute atomic E-state index is 0.550. The second-order valence-electron chi connectivity index (χ2n) is 4.51. The highest BCUT2D eigenvalue weighted by molar-refractivity contribution is 5.94. The predicted molar refractivity (Wildman–Crippen MR) is 76.6 cm³/mol. The van der Waals surface area contributed by atoms with E-state index < -0.39 is 0 Å². The SMILES string of the molecule is CCc1n[nH]c2nccc(-c3cccc(CN)c3)c12. The van der Waals surface area contributed by atoms with Crippen LogP contribution in [0.1, 0.15) is 18.2 Å². The number of pyridine rings is 1. The Kier molecular flexibility index (Phi) is 3.01. The zero-order valence-corrected chi connectivity index (χ0v) is 10.9. The zero-order valence-electron chi connectivity index (χ0n) is 10.9. The van der Waals surface area contributed by atoms with Gasteiger partial charge in [-0.15, -0.1) is 0 Å². The molecule has 0 aliphatic rings. The van der Waals surface area contributed by atoms with Crippen LogP contribution in [0, 0.1) is 0 Å². The van der Waals surface area contributed by atoms with Gasteiger partial charge >= 0.3 is 0 Å². The van der Waals surface area contributed by atoms with Gasteiger partial charge in [0.2, 0.25) is 0 Å². The Morgan fingerprint density at radius 2 is 2.16 bits per heavy atom. The van der Waals surface area contributed by atoms with Gasteiger partial charge in [-0.3, -0.25) is 5.10 Å². The molecule has 4 heteroatoms. The first kappa shape index (κ1) is 11.9. The number of nitrogens with one attached hydrogen (secondary N) is 1.